The van der Waals surface area contributed by atoms with Gasteiger partial charge in [0.1, 0.15) is 5.82 Å². The number of nitrogens with zero attached hydrogens (tertiary/aromatic N) is 2. The van der Waals surface area contributed by atoms with E-state index in [9.17, 15) is 0 Å². The van der Waals surface area contributed by atoms with Crippen LogP contribution in [0.3, 0.4) is 0 Å². The predicted octanol–water partition coefficient (Wildman–Crippen LogP) is 2.10. The average molecular weight is 251 g/mol. The summed E-state index contributed by atoms with van der Waals surface area (Å²) in [7, 11) is 1.73. The van der Waals surface area contributed by atoms with Gasteiger partial charge in [-0.2, -0.15) is 0 Å². The van der Waals surface area contributed by atoms with Gasteiger partial charge in [-0.3, -0.25) is 0 Å². The minimum atomic E-state index is 0.445. The van der Waals surface area contributed by atoms with Crippen molar-refractivity contribution in [3.8, 4) is 0 Å². The first-order valence-corrected chi connectivity index (χ1v) is 6.55. The third-order valence-corrected chi connectivity index (χ3v) is 3.19. The van der Waals surface area contributed by atoms with Crippen LogP contribution in [-0.4, -0.2) is 31.3 Å². The Hall–Kier alpha value is -1.13. The minimum absolute atomic E-state index is 0.445. The summed E-state index contributed by atoms with van der Waals surface area (Å²) in [4.78, 5) is 6.91. The van der Waals surface area contributed by atoms with Gasteiger partial charge in [-0.05, 0) is 38.0 Å². The van der Waals surface area contributed by atoms with Crippen LogP contribution in [0.15, 0.2) is 12.1 Å². The molecule has 0 saturated heterocycles. The molecule has 0 aromatic carbocycles. The third kappa shape index (κ3) is 3.96. The lowest BCUT2D eigenvalue weighted by atomic mass is 10.2. The molecule has 0 bridgehead atoms. The van der Waals surface area contributed by atoms with Gasteiger partial charge in [0.25, 0.3) is 0 Å². The van der Waals surface area contributed by atoms with Crippen LogP contribution in [0.1, 0.15) is 31.5 Å². The van der Waals surface area contributed by atoms with Gasteiger partial charge in [-0.25, -0.2) is 4.98 Å². The molecule has 0 saturated carbocycles. The topological polar surface area (TPSA) is 51.4 Å². The number of hydrogen-bond donors (Lipinski definition) is 1. The van der Waals surface area contributed by atoms with E-state index in [0.717, 1.165) is 30.0 Å². The van der Waals surface area contributed by atoms with Crippen molar-refractivity contribution >= 4 is 5.82 Å². The average Bonchev–Trinajstić information content (AvgIpc) is 2.38. The standard InChI is InChI=1S/C14H25N3O/c1-5-12(3)17(6-7-18-4)14-9-13(10-15)8-11(2)16-14/h8-9,12H,5-7,10,15H2,1-4H3. The summed E-state index contributed by atoms with van der Waals surface area (Å²) in [6.45, 7) is 8.51. The van der Waals surface area contributed by atoms with E-state index in [2.05, 4.69) is 29.8 Å². The first kappa shape index (κ1) is 14.9. The molecule has 102 valence electrons. The maximum atomic E-state index is 5.73. The zero-order chi connectivity index (χ0) is 13.5. The van der Waals surface area contributed by atoms with Crippen molar-refractivity contribution in [1.29, 1.82) is 0 Å². The second-order valence-electron chi connectivity index (χ2n) is 4.62. The molecule has 0 aliphatic rings. The lowest BCUT2D eigenvalue weighted by Crippen LogP contribution is -2.36. The Morgan fingerprint density at radius 1 is 1.44 bits per heavy atom. The van der Waals surface area contributed by atoms with Crippen LogP contribution in [0.4, 0.5) is 5.82 Å². The zero-order valence-electron chi connectivity index (χ0n) is 11.9. The number of nitrogens with two attached hydrogens (primary N) is 1. The Morgan fingerprint density at radius 2 is 2.17 bits per heavy atom. The van der Waals surface area contributed by atoms with Crippen LogP contribution in [0.5, 0.6) is 0 Å². The van der Waals surface area contributed by atoms with Crippen molar-refractivity contribution < 1.29 is 4.74 Å². The van der Waals surface area contributed by atoms with Gasteiger partial charge in [0, 0.05) is 31.9 Å². The van der Waals surface area contributed by atoms with Crippen molar-refractivity contribution in [3.63, 3.8) is 0 Å². The number of aromatic nitrogens is 1. The van der Waals surface area contributed by atoms with Crippen LogP contribution in [-0.2, 0) is 11.3 Å². The SMILES string of the molecule is CCC(C)N(CCOC)c1cc(CN)cc(C)n1. The molecule has 2 N–H and O–H groups in total. The summed E-state index contributed by atoms with van der Waals surface area (Å²) >= 11 is 0. The van der Waals surface area contributed by atoms with Gasteiger partial charge in [0.05, 0.1) is 6.61 Å². The zero-order valence-corrected chi connectivity index (χ0v) is 11.9. The van der Waals surface area contributed by atoms with E-state index in [1.165, 1.54) is 0 Å². The molecule has 0 aliphatic heterocycles. The lowest BCUT2D eigenvalue weighted by Gasteiger charge is -2.30. The van der Waals surface area contributed by atoms with Crippen molar-refractivity contribution in [2.45, 2.75) is 39.8 Å². The number of methoxy groups -OCH3 is 1. The van der Waals surface area contributed by atoms with Gasteiger partial charge in [-0.1, -0.05) is 6.92 Å². The highest BCUT2D eigenvalue weighted by Gasteiger charge is 2.14. The van der Waals surface area contributed by atoms with Crippen molar-refractivity contribution in [2.75, 3.05) is 25.2 Å². The Morgan fingerprint density at radius 3 is 2.72 bits per heavy atom. The smallest absolute Gasteiger partial charge is 0.129 e. The van der Waals surface area contributed by atoms with Crippen LogP contribution in [0.25, 0.3) is 0 Å². The summed E-state index contributed by atoms with van der Waals surface area (Å²) < 4.78 is 5.18. The third-order valence-electron chi connectivity index (χ3n) is 3.19. The van der Waals surface area contributed by atoms with Crippen molar-refractivity contribution in [3.05, 3.63) is 23.4 Å². The number of ether oxygens (including phenoxy) is 1. The lowest BCUT2D eigenvalue weighted by molar-refractivity contribution is 0.203. The highest BCUT2D eigenvalue weighted by atomic mass is 16.5. The Kier molecular flexibility index (Phi) is 6.09. The van der Waals surface area contributed by atoms with Gasteiger partial charge in [-0.15, -0.1) is 0 Å². The summed E-state index contributed by atoms with van der Waals surface area (Å²) in [6.07, 6.45) is 1.08. The second kappa shape index (κ2) is 7.34. The Bertz CT molecular complexity index is 368. The summed E-state index contributed by atoms with van der Waals surface area (Å²) in [5, 5.41) is 0. The molecular formula is C14H25N3O. The normalized spacial score (nSPS) is 12.5. The highest BCUT2D eigenvalue weighted by molar-refractivity contribution is 5.43. The van der Waals surface area contributed by atoms with Gasteiger partial charge < -0.3 is 15.4 Å². The molecule has 1 aromatic rings. The van der Waals surface area contributed by atoms with Gasteiger partial charge in [0.2, 0.25) is 0 Å². The molecule has 0 aliphatic carbocycles. The second-order valence-corrected chi connectivity index (χ2v) is 4.62. The Labute approximate surface area is 110 Å². The molecule has 0 radical (unpaired) electrons. The first-order valence-electron chi connectivity index (χ1n) is 6.55. The largest absolute Gasteiger partial charge is 0.383 e. The molecule has 0 amide bonds. The van der Waals surface area contributed by atoms with E-state index in [1.54, 1.807) is 7.11 Å². The fourth-order valence-electron chi connectivity index (χ4n) is 1.96. The molecule has 1 unspecified atom stereocenters. The molecule has 1 rings (SSSR count). The Balaban J connectivity index is 2.99. The van der Waals surface area contributed by atoms with Crippen LogP contribution in [0, 0.1) is 6.92 Å². The maximum Gasteiger partial charge on any atom is 0.129 e. The van der Waals surface area contributed by atoms with E-state index >= 15 is 0 Å². The summed E-state index contributed by atoms with van der Waals surface area (Å²) in [5.74, 6) is 1.00. The minimum Gasteiger partial charge on any atom is -0.383 e. The van der Waals surface area contributed by atoms with E-state index < -0.39 is 0 Å². The van der Waals surface area contributed by atoms with Crippen LogP contribution in [0.2, 0.25) is 0 Å². The van der Waals surface area contributed by atoms with Crippen LogP contribution < -0.4 is 10.6 Å². The molecule has 1 heterocycles. The molecule has 4 heteroatoms. The maximum absolute atomic E-state index is 5.73. The van der Waals surface area contributed by atoms with Gasteiger partial charge in [0.15, 0.2) is 0 Å². The molecule has 0 fully saturated rings. The van der Waals surface area contributed by atoms with Gasteiger partial charge >= 0.3 is 0 Å². The van der Waals surface area contributed by atoms with Crippen LogP contribution >= 0.6 is 0 Å². The predicted molar refractivity (Wildman–Crippen MR) is 75.8 cm³/mol. The number of anilines is 1. The van der Waals surface area contributed by atoms with Crippen molar-refractivity contribution in [1.82, 2.24) is 4.98 Å². The molecule has 0 spiro atoms. The number of aryl methyl sites for hydroxylation is 1. The fraction of sp³-hybridized carbons (Fsp3) is 0.643. The molecular weight excluding hydrogens is 226 g/mol. The number of hydrogen-bond acceptors (Lipinski definition) is 4. The number of rotatable bonds is 7. The molecule has 1 aromatic heterocycles. The first-order chi connectivity index (χ1) is 8.62. The van der Waals surface area contributed by atoms with Crippen molar-refractivity contribution in [2.24, 2.45) is 5.73 Å². The van der Waals surface area contributed by atoms with E-state index in [1.807, 2.05) is 13.0 Å². The number of pyridine rings is 1. The van der Waals surface area contributed by atoms with E-state index in [4.69, 9.17) is 10.5 Å². The molecule has 4 nitrogen and oxygen atoms in total. The molecule has 1 atom stereocenters. The summed E-state index contributed by atoms with van der Waals surface area (Å²) in [5.41, 5.74) is 7.87. The monoisotopic (exact) mass is 251 g/mol. The highest BCUT2D eigenvalue weighted by Crippen LogP contribution is 2.18. The fourth-order valence-corrected chi connectivity index (χ4v) is 1.96. The summed E-state index contributed by atoms with van der Waals surface area (Å²) in [6, 6.07) is 4.56. The van der Waals surface area contributed by atoms with E-state index in [0.29, 0.717) is 19.2 Å². The quantitative estimate of drug-likeness (QED) is 0.806. The molecule has 18 heavy (non-hydrogen) atoms. The van der Waals surface area contributed by atoms with E-state index in [-0.39, 0.29) is 0 Å².